The number of phenols is 1. The van der Waals surface area contributed by atoms with Crippen LogP contribution in [0.3, 0.4) is 0 Å². The molecule has 0 heterocycles. The van der Waals surface area contributed by atoms with Gasteiger partial charge in [-0.2, -0.15) is 0 Å². The van der Waals surface area contributed by atoms with Crippen molar-refractivity contribution >= 4 is 0 Å². The Balaban J connectivity index is 2.92. The number of benzene rings is 1. The summed E-state index contributed by atoms with van der Waals surface area (Å²) in [7, 11) is 1.87. The zero-order chi connectivity index (χ0) is 9.84. The van der Waals surface area contributed by atoms with E-state index in [4.69, 9.17) is 0 Å². The Hall–Kier alpha value is -1.02. The average Bonchev–Trinajstić information content (AvgIpc) is 2.08. The van der Waals surface area contributed by atoms with Gasteiger partial charge in [-0.05, 0) is 24.6 Å². The van der Waals surface area contributed by atoms with Gasteiger partial charge in [-0.3, -0.25) is 0 Å². The summed E-state index contributed by atoms with van der Waals surface area (Å²) in [6.07, 6.45) is 0. The van der Waals surface area contributed by atoms with E-state index in [1.165, 1.54) is 5.56 Å². The van der Waals surface area contributed by atoms with Gasteiger partial charge in [0.1, 0.15) is 5.75 Å². The van der Waals surface area contributed by atoms with Crippen LogP contribution in [0.2, 0.25) is 0 Å². The number of hydrogen-bond donors (Lipinski definition) is 2. The molecule has 0 fully saturated rings. The molecule has 2 heteroatoms. The molecule has 0 amide bonds. The molecule has 1 rings (SSSR count). The molecule has 0 aliphatic carbocycles. The van der Waals surface area contributed by atoms with Gasteiger partial charge in [0.15, 0.2) is 0 Å². The van der Waals surface area contributed by atoms with E-state index in [1.807, 2.05) is 19.2 Å². The van der Waals surface area contributed by atoms with E-state index in [1.54, 1.807) is 0 Å². The van der Waals surface area contributed by atoms with Crippen LogP contribution in [0.25, 0.3) is 0 Å². The van der Waals surface area contributed by atoms with Crippen molar-refractivity contribution in [2.24, 2.45) is 0 Å². The highest BCUT2D eigenvalue weighted by Gasteiger charge is 2.03. The monoisotopic (exact) mass is 179 g/mol. The molecule has 2 N–H and O–H groups in total. The van der Waals surface area contributed by atoms with Crippen molar-refractivity contribution in [2.45, 2.75) is 26.3 Å². The van der Waals surface area contributed by atoms with Gasteiger partial charge in [0.25, 0.3) is 0 Å². The SMILES string of the molecule is CNCc1ccc(C(C)C)cc1O. The van der Waals surface area contributed by atoms with Crippen molar-refractivity contribution in [3.05, 3.63) is 29.3 Å². The zero-order valence-electron chi connectivity index (χ0n) is 8.46. The molecule has 72 valence electrons. The largest absolute Gasteiger partial charge is 0.508 e. The van der Waals surface area contributed by atoms with Crippen molar-refractivity contribution in [3.8, 4) is 5.75 Å². The molecule has 0 unspecified atom stereocenters. The second-order valence-corrected chi connectivity index (χ2v) is 3.57. The van der Waals surface area contributed by atoms with Gasteiger partial charge in [-0.25, -0.2) is 0 Å². The average molecular weight is 179 g/mol. The third kappa shape index (κ3) is 2.46. The Kier molecular flexibility index (Phi) is 3.32. The van der Waals surface area contributed by atoms with Crippen molar-refractivity contribution in [2.75, 3.05) is 7.05 Å². The molecule has 0 aliphatic rings. The van der Waals surface area contributed by atoms with Crippen LogP contribution < -0.4 is 5.32 Å². The van der Waals surface area contributed by atoms with E-state index in [0.717, 1.165) is 5.56 Å². The third-order valence-corrected chi connectivity index (χ3v) is 2.14. The van der Waals surface area contributed by atoms with Crippen LogP contribution in [0.15, 0.2) is 18.2 Å². The van der Waals surface area contributed by atoms with E-state index in [0.29, 0.717) is 18.2 Å². The fourth-order valence-corrected chi connectivity index (χ4v) is 1.28. The van der Waals surface area contributed by atoms with Gasteiger partial charge in [0, 0.05) is 12.1 Å². The lowest BCUT2D eigenvalue weighted by molar-refractivity contribution is 0.465. The predicted octanol–water partition coefficient (Wildman–Crippen LogP) is 2.24. The highest BCUT2D eigenvalue weighted by Crippen LogP contribution is 2.23. The van der Waals surface area contributed by atoms with Crippen LogP contribution in [0.1, 0.15) is 30.9 Å². The second-order valence-electron chi connectivity index (χ2n) is 3.57. The van der Waals surface area contributed by atoms with Gasteiger partial charge in [0.2, 0.25) is 0 Å². The number of rotatable bonds is 3. The van der Waals surface area contributed by atoms with Crippen molar-refractivity contribution in [3.63, 3.8) is 0 Å². The van der Waals surface area contributed by atoms with Crippen molar-refractivity contribution < 1.29 is 5.11 Å². The fraction of sp³-hybridized carbons (Fsp3) is 0.455. The van der Waals surface area contributed by atoms with E-state index in [-0.39, 0.29) is 0 Å². The first kappa shape index (κ1) is 10.1. The third-order valence-electron chi connectivity index (χ3n) is 2.14. The van der Waals surface area contributed by atoms with Crippen molar-refractivity contribution in [1.29, 1.82) is 0 Å². The minimum atomic E-state index is 0.389. The predicted molar refractivity (Wildman–Crippen MR) is 55.0 cm³/mol. The van der Waals surface area contributed by atoms with Gasteiger partial charge in [0.05, 0.1) is 0 Å². The van der Waals surface area contributed by atoms with E-state index < -0.39 is 0 Å². The molecular formula is C11H17NO. The molecule has 0 saturated carbocycles. The summed E-state index contributed by atoms with van der Waals surface area (Å²) in [5, 5.41) is 12.6. The lowest BCUT2D eigenvalue weighted by Gasteiger charge is -2.09. The molecule has 0 spiro atoms. The molecule has 1 aromatic rings. The maximum atomic E-state index is 9.63. The minimum absolute atomic E-state index is 0.389. The maximum Gasteiger partial charge on any atom is 0.120 e. The molecule has 0 aromatic heterocycles. The molecular weight excluding hydrogens is 162 g/mol. The maximum absolute atomic E-state index is 9.63. The van der Waals surface area contributed by atoms with Gasteiger partial charge < -0.3 is 10.4 Å². The van der Waals surface area contributed by atoms with Crippen LogP contribution in [0.4, 0.5) is 0 Å². The smallest absolute Gasteiger partial charge is 0.120 e. The first-order chi connectivity index (χ1) is 6.15. The van der Waals surface area contributed by atoms with Crippen molar-refractivity contribution in [1.82, 2.24) is 5.32 Å². The van der Waals surface area contributed by atoms with E-state index in [9.17, 15) is 5.11 Å². The lowest BCUT2D eigenvalue weighted by Crippen LogP contribution is -2.05. The Morgan fingerprint density at radius 1 is 1.38 bits per heavy atom. The first-order valence-corrected chi connectivity index (χ1v) is 4.61. The highest BCUT2D eigenvalue weighted by molar-refractivity contribution is 5.37. The normalized spacial score (nSPS) is 10.8. The van der Waals surface area contributed by atoms with Crippen LogP contribution in [0.5, 0.6) is 5.75 Å². The van der Waals surface area contributed by atoms with Crippen LogP contribution >= 0.6 is 0 Å². The molecule has 0 saturated heterocycles. The Labute approximate surface area is 79.6 Å². The van der Waals surface area contributed by atoms with E-state index in [2.05, 4.69) is 25.2 Å². The summed E-state index contributed by atoms with van der Waals surface area (Å²) in [5.74, 6) is 0.857. The molecule has 0 aliphatic heterocycles. The zero-order valence-corrected chi connectivity index (χ0v) is 8.46. The summed E-state index contributed by atoms with van der Waals surface area (Å²) in [4.78, 5) is 0. The minimum Gasteiger partial charge on any atom is -0.508 e. The van der Waals surface area contributed by atoms with Crippen LogP contribution in [-0.4, -0.2) is 12.2 Å². The molecule has 0 bridgehead atoms. The van der Waals surface area contributed by atoms with Gasteiger partial charge >= 0.3 is 0 Å². The quantitative estimate of drug-likeness (QED) is 0.745. The molecule has 0 radical (unpaired) electrons. The van der Waals surface area contributed by atoms with Gasteiger partial charge in [-0.15, -0.1) is 0 Å². The standard InChI is InChI=1S/C11H17NO/c1-8(2)9-4-5-10(7-12-3)11(13)6-9/h4-6,8,12-13H,7H2,1-3H3. The Morgan fingerprint density at radius 2 is 2.08 bits per heavy atom. The fourth-order valence-electron chi connectivity index (χ4n) is 1.28. The lowest BCUT2D eigenvalue weighted by atomic mass is 10.0. The molecule has 2 nitrogen and oxygen atoms in total. The Bertz CT molecular complexity index is 281. The molecule has 13 heavy (non-hydrogen) atoms. The topological polar surface area (TPSA) is 32.3 Å². The van der Waals surface area contributed by atoms with Crippen LogP contribution in [0, 0.1) is 0 Å². The first-order valence-electron chi connectivity index (χ1n) is 4.61. The summed E-state index contributed by atoms with van der Waals surface area (Å²) in [6.45, 7) is 4.95. The summed E-state index contributed by atoms with van der Waals surface area (Å²) >= 11 is 0. The number of aromatic hydroxyl groups is 1. The molecule has 0 atom stereocenters. The molecule has 1 aromatic carbocycles. The summed E-state index contributed by atoms with van der Waals surface area (Å²) < 4.78 is 0. The Morgan fingerprint density at radius 3 is 2.54 bits per heavy atom. The number of phenolic OH excluding ortho intramolecular Hbond substituents is 1. The van der Waals surface area contributed by atoms with E-state index >= 15 is 0 Å². The summed E-state index contributed by atoms with van der Waals surface area (Å²) in [6, 6.07) is 5.88. The summed E-state index contributed by atoms with van der Waals surface area (Å²) in [5.41, 5.74) is 2.13. The van der Waals surface area contributed by atoms with Gasteiger partial charge in [-0.1, -0.05) is 26.0 Å². The number of hydrogen-bond acceptors (Lipinski definition) is 2. The number of nitrogens with one attached hydrogen (secondary N) is 1. The van der Waals surface area contributed by atoms with Crippen LogP contribution in [-0.2, 0) is 6.54 Å². The highest BCUT2D eigenvalue weighted by atomic mass is 16.3. The second kappa shape index (κ2) is 4.28.